The highest BCUT2D eigenvalue weighted by molar-refractivity contribution is 5.94. The zero-order valence-electron chi connectivity index (χ0n) is 16.0. The van der Waals surface area contributed by atoms with Crippen LogP contribution in [0.4, 0.5) is 15.8 Å². The number of benzene rings is 2. The number of nitrogens with one attached hydrogen (secondary N) is 3. The lowest BCUT2D eigenvalue weighted by Gasteiger charge is -2.34. The zero-order chi connectivity index (χ0) is 19.9. The molecule has 1 aliphatic rings. The number of piperazine rings is 1. The third-order valence-electron chi connectivity index (χ3n) is 4.91. The third kappa shape index (κ3) is 5.53. The second-order valence-electron chi connectivity index (χ2n) is 7.03. The molecule has 1 aliphatic heterocycles. The quantitative estimate of drug-likeness (QED) is 0.682. The van der Waals surface area contributed by atoms with E-state index in [0.717, 1.165) is 26.2 Å². The van der Waals surface area contributed by atoms with Crippen molar-refractivity contribution >= 4 is 23.2 Å². The fraction of sp³-hybridized carbons (Fsp3) is 0.333. The summed E-state index contributed by atoms with van der Waals surface area (Å²) in [4.78, 5) is 27.6. The molecule has 1 saturated heterocycles. The molecule has 3 rings (SSSR count). The van der Waals surface area contributed by atoms with E-state index in [9.17, 15) is 14.0 Å². The maximum absolute atomic E-state index is 12.9. The largest absolute Gasteiger partial charge is 0.360 e. The van der Waals surface area contributed by atoms with Gasteiger partial charge in [0.25, 0.3) is 5.91 Å². The van der Waals surface area contributed by atoms with Crippen LogP contribution in [0.3, 0.4) is 0 Å². The molecule has 148 valence electrons. The van der Waals surface area contributed by atoms with Gasteiger partial charge in [-0.2, -0.15) is 0 Å². The van der Waals surface area contributed by atoms with Crippen molar-refractivity contribution in [2.75, 3.05) is 49.5 Å². The van der Waals surface area contributed by atoms with Crippen LogP contribution in [0.2, 0.25) is 0 Å². The first-order chi connectivity index (χ1) is 13.5. The third-order valence-corrected chi connectivity index (χ3v) is 4.91. The van der Waals surface area contributed by atoms with Crippen LogP contribution in [0.25, 0.3) is 0 Å². The van der Waals surface area contributed by atoms with Gasteiger partial charge in [-0.05, 0) is 42.8 Å². The molecule has 0 aliphatic carbocycles. The second-order valence-corrected chi connectivity index (χ2v) is 7.03. The summed E-state index contributed by atoms with van der Waals surface area (Å²) in [5.74, 6) is -0.843. The van der Waals surface area contributed by atoms with E-state index in [1.54, 1.807) is 0 Å². The number of nitrogens with zero attached hydrogens (tertiary/aromatic N) is 1. The van der Waals surface area contributed by atoms with E-state index in [-0.39, 0.29) is 24.2 Å². The molecule has 6 nitrogen and oxygen atoms in total. The highest BCUT2D eigenvalue weighted by Crippen LogP contribution is 2.18. The van der Waals surface area contributed by atoms with E-state index in [1.807, 2.05) is 12.1 Å². The van der Waals surface area contributed by atoms with Crippen LogP contribution in [-0.2, 0) is 9.59 Å². The SMILES string of the molecule is Cc1ccccc1N1CC[NH+](CC(=O)NCC(=O)Nc2ccc(F)cc2)CC1. The molecule has 0 unspecified atom stereocenters. The average Bonchev–Trinajstić information content (AvgIpc) is 2.69. The molecule has 2 aromatic rings. The number of halogens is 1. The van der Waals surface area contributed by atoms with Crippen molar-refractivity contribution < 1.29 is 18.9 Å². The van der Waals surface area contributed by atoms with Gasteiger partial charge in [0, 0.05) is 11.4 Å². The average molecular weight is 385 g/mol. The van der Waals surface area contributed by atoms with Crippen LogP contribution < -0.4 is 20.4 Å². The Hall–Kier alpha value is -2.93. The van der Waals surface area contributed by atoms with Gasteiger partial charge in [-0.25, -0.2) is 4.39 Å². The molecule has 1 fully saturated rings. The van der Waals surface area contributed by atoms with E-state index in [0.29, 0.717) is 12.2 Å². The summed E-state index contributed by atoms with van der Waals surface area (Å²) in [7, 11) is 0. The smallest absolute Gasteiger partial charge is 0.275 e. The number of amides is 2. The molecule has 2 aromatic carbocycles. The number of rotatable bonds is 6. The van der Waals surface area contributed by atoms with E-state index in [1.165, 1.54) is 40.4 Å². The maximum atomic E-state index is 12.9. The second kappa shape index (κ2) is 9.32. The van der Waals surface area contributed by atoms with Gasteiger partial charge in [-0.15, -0.1) is 0 Å². The Bertz CT molecular complexity index is 817. The minimum atomic E-state index is -0.364. The topological polar surface area (TPSA) is 65.9 Å². The zero-order valence-corrected chi connectivity index (χ0v) is 16.0. The number of quaternary nitrogens is 1. The van der Waals surface area contributed by atoms with Crippen molar-refractivity contribution in [1.29, 1.82) is 0 Å². The highest BCUT2D eigenvalue weighted by atomic mass is 19.1. The van der Waals surface area contributed by atoms with Crippen molar-refractivity contribution in [2.45, 2.75) is 6.92 Å². The standard InChI is InChI=1S/C21H25FN4O2/c1-16-4-2-3-5-19(16)26-12-10-25(11-13-26)15-21(28)23-14-20(27)24-18-8-6-17(22)7-9-18/h2-9H,10-15H2,1H3,(H,23,28)(H,24,27)/p+1. The number of para-hydroxylation sites is 1. The monoisotopic (exact) mass is 385 g/mol. The van der Waals surface area contributed by atoms with Gasteiger partial charge in [0.05, 0.1) is 32.7 Å². The molecule has 0 atom stereocenters. The number of carbonyl (C=O) groups is 2. The van der Waals surface area contributed by atoms with Crippen LogP contribution >= 0.6 is 0 Å². The summed E-state index contributed by atoms with van der Waals surface area (Å²) in [5, 5.41) is 5.28. The molecular formula is C21H26FN4O2+. The fourth-order valence-electron chi connectivity index (χ4n) is 3.37. The Kier molecular flexibility index (Phi) is 6.60. The van der Waals surface area contributed by atoms with Gasteiger partial charge >= 0.3 is 0 Å². The molecule has 0 aromatic heterocycles. The Morgan fingerprint density at radius 2 is 1.71 bits per heavy atom. The van der Waals surface area contributed by atoms with Crippen LogP contribution in [0.1, 0.15) is 5.56 Å². The van der Waals surface area contributed by atoms with Crippen LogP contribution in [0.15, 0.2) is 48.5 Å². The Morgan fingerprint density at radius 1 is 1.04 bits per heavy atom. The predicted octanol–water partition coefficient (Wildman–Crippen LogP) is 0.594. The van der Waals surface area contributed by atoms with E-state index < -0.39 is 0 Å². The molecule has 28 heavy (non-hydrogen) atoms. The molecule has 1 heterocycles. The molecule has 2 amide bonds. The first-order valence-electron chi connectivity index (χ1n) is 9.47. The fourth-order valence-corrected chi connectivity index (χ4v) is 3.37. The first-order valence-corrected chi connectivity index (χ1v) is 9.47. The molecule has 3 N–H and O–H groups in total. The minimum absolute atomic E-state index is 0.0984. The van der Waals surface area contributed by atoms with Gasteiger partial charge < -0.3 is 20.4 Å². The maximum Gasteiger partial charge on any atom is 0.275 e. The molecular weight excluding hydrogens is 359 g/mol. The molecule has 7 heteroatoms. The number of anilines is 2. The summed E-state index contributed by atoms with van der Waals surface area (Å²) in [5.41, 5.74) is 3.01. The van der Waals surface area contributed by atoms with Gasteiger partial charge in [0.15, 0.2) is 6.54 Å². The van der Waals surface area contributed by atoms with Gasteiger partial charge in [0.2, 0.25) is 5.91 Å². The first kappa shape index (κ1) is 19.8. The Balaban J connectivity index is 1.38. The Morgan fingerprint density at radius 3 is 2.39 bits per heavy atom. The van der Waals surface area contributed by atoms with Crippen molar-refractivity contribution in [3.63, 3.8) is 0 Å². The van der Waals surface area contributed by atoms with Gasteiger partial charge in [0.1, 0.15) is 5.82 Å². The number of hydrogen-bond donors (Lipinski definition) is 3. The lowest BCUT2D eigenvalue weighted by molar-refractivity contribution is -0.892. The van der Waals surface area contributed by atoms with Crippen molar-refractivity contribution in [3.8, 4) is 0 Å². The van der Waals surface area contributed by atoms with Crippen LogP contribution in [-0.4, -0.2) is 51.1 Å². The lowest BCUT2D eigenvalue weighted by Crippen LogP contribution is -3.16. The van der Waals surface area contributed by atoms with Crippen molar-refractivity contribution in [2.24, 2.45) is 0 Å². The summed E-state index contributed by atoms with van der Waals surface area (Å²) < 4.78 is 12.9. The summed E-state index contributed by atoms with van der Waals surface area (Å²) in [6.45, 7) is 5.92. The van der Waals surface area contributed by atoms with E-state index >= 15 is 0 Å². The molecule has 0 bridgehead atoms. The van der Waals surface area contributed by atoms with E-state index in [4.69, 9.17) is 0 Å². The summed E-state index contributed by atoms with van der Waals surface area (Å²) >= 11 is 0. The van der Waals surface area contributed by atoms with Crippen LogP contribution in [0.5, 0.6) is 0 Å². The van der Waals surface area contributed by atoms with E-state index in [2.05, 4.69) is 34.6 Å². The lowest BCUT2D eigenvalue weighted by atomic mass is 10.1. The Labute approximate surface area is 164 Å². The van der Waals surface area contributed by atoms with Crippen molar-refractivity contribution in [1.82, 2.24) is 5.32 Å². The summed E-state index contributed by atoms with van der Waals surface area (Å²) in [6.07, 6.45) is 0. The molecule has 0 saturated carbocycles. The summed E-state index contributed by atoms with van der Waals surface area (Å²) in [6, 6.07) is 13.8. The predicted molar refractivity (Wildman–Crippen MR) is 107 cm³/mol. The normalized spacial score (nSPS) is 14.6. The van der Waals surface area contributed by atoms with Crippen molar-refractivity contribution in [3.05, 3.63) is 59.9 Å². The highest BCUT2D eigenvalue weighted by Gasteiger charge is 2.23. The number of carbonyl (C=O) groups excluding carboxylic acids is 2. The number of aryl methyl sites for hydroxylation is 1. The van der Waals surface area contributed by atoms with Gasteiger partial charge in [-0.1, -0.05) is 18.2 Å². The number of hydrogen-bond acceptors (Lipinski definition) is 3. The molecule has 0 radical (unpaired) electrons. The van der Waals surface area contributed by atoms with Gasteiger partial charge in [-0.3, -0.25) is 9.59 Å². The molecule has 0 spiro atoms. The van der Waals surface area contributed by atoms with Crippen LogP contribution in [0, 0.1) is 12.7 Å². The minimum Gasteiger partial charge on any atom is -0.360 e.